The van der Waals surface area contributed by atoms with Crippen LogP contribution in [0.15, 0.2) is 223 Å². The lowest BCUT2D eigenvalue weighted by atomic mass is 9.92. The molecule has 268 valence electrons. The maximum absolute atomic E-state index is 6.66. The molecule has 0 aliphatic carbocycles. The number of rotatable bonds is 7. The van der Waals surface area contributed by atoms with Crippen molar-refractivity contribution in [2.24, 2.45) is 0 Å². The fraction of sp³-hybridized carbons (Fsp3) is 0. The zero-order valence-electron chi connectivity index (χ0n) is 31.1. The molecule has 0 amide bonds. The molecule has 0 radical (unpaired) electrons. The molecule has 2 aromatic heterocycles. The quantitative estimate of drug-likeness (QED) is 0.163. The summed E-state index contributed by atoms with van der Waals surface area (Å²) in [7, 11) is 0. The zero-order valence-corrected chi connectivity index (χ0v) is 31.1. The minimum absolute atomic E-state index is 0.888. The number of benzene rings is 9. The minimum atomic E-state index is 0.888. The van der Waals surface area contributed by atoms with Gasteiger partial charge in [0.15, 0.2) is 0 Å². The molecule has 3 heteroatoms. The van der Waals surface area contributed by atoms with E-state index in [4.69, 9.17) is 4.42 Å². The Balaban J connectivity index is 1.14. The molecule has 3 nitrogen and oxygen atoms in total. The van der Waals surface area contributed by atoms with Gasteiger partial charge in [-0.2, -0.15) is 0 Å². The first-order chi connectivity index (χ1) is 28.3. The first-order valence-electron chi connectivity index (χ1n) is 19.4. The second-order valence-electron chi connectivity index (χ2n) is 14.5. The molecule has 0 bridgehead atoms. The number of fused-ring (bicyclic) bond motifs is 6. The molecule has 2 heterocycles. The smallest absolute Gasteiger partial charge is 0.143 e. The van der Waals surface area contributed by atoms with Crippen LogP contribution in [0, 0.1) is 0 Å². The van der Waals surface area contributed by atoms with Crippen LogP contribution in [0.1, 0.15) is 0 Å². The van der Waals surface area contributed by atoms with Crippen molar-refractivity contribution in [1.82, 2.24) is 4.57 Å². The van der Waals surface area contributed by atoms with E-state index in [0.717, 1.165) is 66.9 Å². The predicted molar refractivity (Wildman–Crippen MR) is 239 cm³/mol. The number of para-hydroxylation sites is 4. The summed E-state index contributed by atoms with van der Waals surface area (Å²) in [5, 5.41) is 4.72. The third kappa shape index (κ3) is 5.60. The van der Waals surface area contributed by atoms with E-state index in [-0.39, 0.29) is 0 Å². The summed E-state index contributed by atoms with van der Waals surface area (Å²) in [5.41, 5.74) is 15.2. The van der Waals surface area contributed by atoms with Gasteiger partial charge in [0, 0.05) is 49.9 Å². The summed E-state index contributed by atoms with van der Waals surface area (Å²) in [6.07, 6.45) is 0. The highest BCUT2D eigenvalue weighted by molar-refractivity contribution is 6.11. The summed E-state index contributed by atoms with van der Waals surface area (Å²) in [5.74, 6) is 0. The van der Waals surface area contributed by atoms with Crippen LogP contribution in [-0.4, -0.2) is 4.57 Å². The topological polar surface area (TPSA) is 21.3 Å². The van der Waals surface area contributed by atoms with Gasteiger partial charge in [0.25, 0.3) is 0 Å². The monoisotopic (exact) mass is 728 g/mol. The number of aromatic nitrogens is 1. The Morgan fingerprint density at radius 2 is 0.895 bits per heavy atom. The van der Waals surface area contributed by atoms with E-state index in [9.17, 15) is 0 Å². The van der Waals surface area contributed by atoms with Crippen molar-refractivity contribution in [3.63, 3.8) is 0 Å². The van der Waals surface area contributed by atoms with Gasteiger partial charge in [-0.05, 0) is 88.5 Å². The van der Waals surface area contributed by atoms with Crippen LogP contribution in [0.25, 0.3) is 82.8 Å². The third-order valence-electron chi connectivity index (χ3n) is 11.2. The van der Waals surface area contributed by atoms with E-state index in [0.29, 0.717) is 0 Å². The van der Waals surface area contributed by atoms with Gasteiger partial charge < -0.3 is 13.9 Å². The van der Waals surface area contributed by atoms with Gasteiger partial charge in [0.2, 0.25) is 0 Å². The van der Waals surface area contributed by atoms with E-state index in [1.54, 1.807) is 0 Å². The van der Waals surface area contributed by atoms with Gasteiger partial charge in [-0.15, -0.1) is 0 Å². The average molecular weight is 729 g/mol. The minimum Gasteiger partial charge on any atom is -0.455 e. The lowest BCUT2D eigenvalue weighted by molar-refractivity contribution is 0.670. The van der Waals surface area contributed by atoms with Crippen molar-refractivity contribution in [3.05, 3.63) is 218 Å². The second kappa shape index (κ2) is 13.6. The van der Waals surface area contributed by atoms with Crippen LogP contribution < -0.4 is 4.90 Å². The van der Waals surface area contributed by atoms with Crippen molar-refractivity contribution < 1.29 is 4.42 Å². The summed E-state index contributed by atoms with van der Waals surface area (Å²) in [6.45, 7) is 0. The predicted octanol–water partition coefficient (Wildman–Crippen LogP) is 15.2. The van der Waals surface area contributed by atoms with Crippen molar-refractivity contribution in [1.29, 1.82) is 0 Å². The zero-order chi connectivity index (χ0) is 37.7. The highest BCUT2D eigenvalue weighted by Gasteiger charge is 2.21. The summed E-state index contributed by atoms with van der Waals surface area (Å²) >= 11 is 0. The molecule has 0 atom stereocenters. The molecule has 0 unspecified atom stereocenters. The first-order valence-corrected chi connectivity index (χ1v) is 19.4. The maximum atomic E-state index is 6.66. The summed E-state index contributed by atoms with van der Waals surface area (Å²) < 4.78 is 9.05. The van der Waals surface area contributed by atoms with Crippen LogP contribution in [0.2, 0.25) is 0 Å². The molecule has 0 N–H and O–H groups in total. The Bertz CT molecular complexity index is 3180. The molecule has 11 aromatic rings. The average Bonchev–Trinajstić information content (AvgIpc) is 3.84. The number of anilines is 3. The second-order valence-corrected chi connectivity index (χ2v) is 14.5. The number of furan rings is 1. The SMILES string of the molecule is c1ccc(-c2ccc(N(c3cccc(-n4c5ccccc5c5ccccc54)c3)c3ccc(-c4ccccc4)c(-c4cccc5c4oc4ccccc45)c3)cc2)cc1. The molecule has 11 rings (SSSR count). The van der Waals surface area contributed by atoms with Crippen LogP contribution in [-0.2, 0) is 0 Å². The molecule has 0 fully saturated rings. The summed E-state index contributed by atoms with van der Waals surface area (Å²) in [6, 6.07) is 78.1. The standard InChI is InChI=1S/C54H36N2O/c1-3-15-37(16-4-1)38-29-31-40(32-30-38)55(41-19-13-20-42(35-41)56-51-26-10-7-21-45(51)46-22-8-11-27-52(46)56)43-33-34-44(39-17-5-2-6-18-39)50(36-43)49-25-14-24-48-47-23-9-12-28-53(47)57-54(48)49/h1-36H. The Kier molecular flexibility index (Phi) is 7.82. The Hall–Kier alpha value is -7.62. The van der Waals surface area contributed by atoms with Crippen LogP contribution >= 0.6 is 0 Å². The normalized spacial score (nSPS) is 11.5. The van der Waals surface area contributed by atoms with Gasteiger partial charge in [-0.3, -0.25) is 0 Å². The van der Waals surface area contributed by atoms with Gasteiger partial charge >= 0.3 is 0 Å². The van der Waals surface area contributed by atoms with Gasteiger partial charge in [0.1, 0.15) is 11.2 Å². The van der Waals surface area contributed by atoms with E-state index < -0.39 is 0 Å². The molecule has 0 saturated heterocycles. The van der Waals surface area contributed by atoms with Crippen LogP contribution in [0.5, 0.6) is 0 Å². The first kappa shape index (κ1) is 32.8. The number of nitrogens with zero attached hydrogens (tertiary/aromatic N) is 2. The van der Waals surface area contributed by atoms with Crippen LogP contribution in [0.4, 0.5) is 17.1 Å². The van der Waals surface area contributed by atoms with Gasteiger partial charge in [0.05, 0.1) is 11.0 Å². The Morgan fingerprint density at radius 1 is 0.333 bits per heavy atom. The van der Waals surface area contributed by atoms with E-state index in [2.05, 4.69) is 222 Å². The number of hydrogen-bond donors (Lipinski definition) is 0. The molecular weight excluding hydrogens is 693 g/mol. The summed E-state index contributed by atoms with van der Waals surface area (Å²) in [4.78, 5) is 2.38. The largest absolute Gasteiger partial charge is 0.455 e. The van der Waals surface area contributed by atoms with Crippen molar-refractivity contribution in [2.75, 3.05) is 4.90 Å². The van der Waals surface area contributed by atoms with Crippen molar-refractivity contribution in [3.8, 4) is 39.1 Å². The van der Waals surface area contributed by atoms with E-state index in [1.165, 1.54) is 32.9 Å². The highest BCUT2D eigenvalue weighted by Crippen LogP contribution is 2.45. The van der Waals surface area contributed by atoms with Crippen LogP contribution in [0.3, 0.4) is 0 Å². The van der Waals surface area contributed by atoms with Gasteiger partial charge in [-0.1, -0.05) is 158 Å². The lowest BCUT2D eigenvalue weighted by Gasteiger charge is -2.27. The molecule has 57 heavy (non-hydrogen) atoms. The van der Waals surface area contributed by atoms with E-state index in [1.807, 2.05) is 6.07 Å². The molecule has 0 aliphatic heterocycles. The third-order valence-corrected chi connectivity index (χ3v) is 11.2. The Labute approximate surface area is 330 Å². The molecule has 0 saturated carbocycles. The number of hydrogen-bond acceptors (Lipinski definition) is 2. The lowest BCUT2D eigenvalue weighted by Crippen LogP contribution is -2.11. The fourth-order valence-corrected chi connectivity index (χ4v) is 8.58. The van der Waals surface area contributed by atoms with Crippen molar-refractivity contribution >= 4 is 60.8 Å². The molecule has 0 spiro atoms. The van der Waals surface area contributed by atoms with Gasteiger partial charge in [-0.25, -0.2) is 0 Å². The highest BCUT2D eigenvalue weighted by atomic mass is 16.3. The fourth-order valence-electron chi connectivity index (χ4n) is 8.58. The van der Waals surface area contributed by atoms with Crippen molar-refractivity contribution in [2.45, 2.75) is 0 Å². The van der Waals surface area contributed by atoms with E-state index >= 15 is 0 Å². The molecular formula is C54H36N2O. The molecule has 0 aliphatic rings. The maximum Gasteiger partial charge on any atom is 0.143 e. The Morgan fingerprint density at radius 3 is 1.63 bits per heavy atom. The molecule has 9 aromatic carbocycles.